The van der Waals surface area contributed by atoms with E-state index in [9.17, 15) is 5.11 Å². The van der Waals surface area contributed by atoms with Crippen LogP contribution < -0.4 is 0 Å². The molecule has 1 fully saturated rings. The van der Waals surface area contributed by atoms with Gasteiger partial charge in [-0.3, -0.25) is 0 Å². The second-order valence-corrected chi connectivity index (χ2v) is 5.80. The highest BCUT2D eigenvalue weighted by Gasteiger charge is 2.15. The number of hydrogen-bond donors (Lipinski definition) is 1. The maximum Gasteiger partial charge on any atom is 0.199 e. The highest BCUT2D eigenvalue weighted by Crippen LogP contribution is 2.20. The Morgan fingerprint density at radius 1 is 1.00 bits per heavy atom. The van der Waals surface area contributed by atoms with Crippen LogP contribution in [0.1, 0.15) is 30.4 Å². The highest BCUT2D eigenvalue weighted by atomic mass is 16.7. The number of hydrogen-bond acceptors (Lipinski definition) is 3. The molecule has 0 radical (unpaired) electrons. The second kappa shape index (κ2) is 8.37. The van der Waals surface area contributed by atoms with Crippen molar-refractivity contribution in [2.45, 2.75) is 25.6 Å². The van der Waals surface area contributed by atoms with Crippen molar-refractivity contribution < 1.29 is 14.6 Å². The SMILES string of the molecule is Oc1ccc(C=CC(=Cc2ccccc2)OC2CCCCO2)cc1. The summed E-state index contributed by atoms with van der Waals surface area (Å²) in [6, 6.07) is 17.2. The van der Waals surface area contributed by atoms with Crippen LogP contribution in [0.15, 0.2) is 66.4 Å². The maximum atomic E-state index is 9.37. The second-order valence-electron chi connectivity index (χ2n) is 5.80. The Morgan fingerprint density at radius 3 is 2.50 bits per heavy atom. The third kappa shape index (κ3) is 5.00. The highest BCUT2D eigenvalue weighted by molar-refractivity contribution is 5.60. The molecule has 1 unspecified atom stereocenters. The van der Waals surface area contributed by atoms with E-state index in [1.807, 2.05) is 60.7 Å². The van der Waals surface area contributed by atoms with E-state index in [1.165, 1.54) is 0 Å². The van der Waals surface area contributed by atoms with Crippen LogP contribution in [0, 0.1) is 0 Å². The molecule has 1 atom stereocenters. The molecule has 0 aliphatic carbocycles. The lowest BCUT2D eigenvalue weighted by Crippen LogP contribution is -2.21. The fourth-order valence-corrected chi connectivity index (χ4v) is 2.55. The predicted molar refractivity (Wildman–Crippen MR) is 96.2 cm³/mol. The predicted octanol–water partition coefficient (Wildman–Crippen LogP) is 4.99. The van der Waals surface area contributed by atoms with Crippen LogP contribution in [-0.4, -0.2) is 18.0 Å². The molecule has 1 aliphatic heterocycles. The summed E-state index contributed by atoms with van der Waals surface area (Å²) in [6.07, 6.45) is 8.88. The lowest BCUT2D eigenvalue weighted by Gasteiger charge is -2.24. The topological polar surface area (TPSA) is 38.7 Å². The van der Waals surface area contributed by atoms with Crippen molar-refractivity contribution in [3.05, 3.63) is 77.6 Å². The molecular weight excluding hydrogens is 300 g/mol. The summed E-state index contributed by atoms with van der Waals surface area (Å²) < 4.78 is 11.7. The van der Waals surface area contributed by atoms with Crippen LogP contribution >= 0.6 is 0 Å². The van der Waals surface area contributed by atoms with Crippen LogP contribution in [0.3, 0.4) is 0 Å². The van der Waals surface area contributed by atoms with Crippen molar-refractivity contribution >= 4 is 12.2 Å². The number of ether oxygens (including phenoxy) is 2. The Bertz CT molecular complexity index is 681. The number of phenols is 1. The summed E-state index contributed by atoms with van der Waals surface area (Å²) in [5.41, 5.74) is 2.08. The molecule has 0 saturated carbocycles. The molecule has 0 aromatic heterocycles. The summed E-state index contributed by atoms with van der Waals surface area (Å²) in [5, 5.41) is 9.37. The first-order chi connectivity index (χ1) is 11.8. The van der Waals surface area contributed by atoms with Crippen LogP contribution in [0.5, 0.6) is 5.75 Å². The lowest BCUT2D eigenvalue weighted by atomic mass is 10.1. The minimum atomic E-state index is -0.182. The van der Waals surface area contributed by atoms with Gasteiger partial charge in [0.25, 0.3) is 0 Å². The first-order valence-corrected chi connectivity index (χ1v) is 8.32. The maximum absolute atomic E-state index is 9.37. The standard InChI is InChI=1S/C21H22O3/c22-19-12-9-17(10-13-19)11-14-20(16-18-6-2-1-3-7-18)24-21-8-4-5-15-23-21/h1-3,6-7,9-14,16,21-22H,4-5,8,15H2. The third-order valence-electron chi connectivity index (χ3n) is 3.85. The Labute approximate surface area is 142 Å². The number of aromatic hydroxyl groups is 1. The van der Waals surface area contributed by atoms with E-state index >= 15 is 0 Å². The molecule has 0 spiro atoms. The van der Waals surface area contributed by atoms with Crippen LogP contribution in [0.2, 0.25) is 0 Å². The lowest BCUT2D eigenvalue weighted by molar-refractivity contribution is -0.135. The van der Waals surface area contributed by atoms with E-state index in [0.717, 1.165) is 42.8 Å². The van der Waals surface area contributed by atoms with Gasteiger partial charge in [0, 0.05) is 6.42 Å². The van der Waals surface area contributed by atoms with E-state index < -0.39 is 0 Å². The molecule has 0 amide bonds. The first kappa shape index (κ1) is 16.3. The number of benzene rings is 2. The van der Waals surface area contributed by atoms with Gasteiger partial charge < -0.3 is 14.6 Å². The first-order valence-electron chi connectivity index (χ1n) is 8.32. The fourth-order valence-electron chi connectivity index (χ4n) is 2.55. The van der Waals surface area contributed by atoms with Crippen molar-refractivity contribution in [1.29, 1.82) is 0 Å². The largest absolute Gasteiger partial charge is 0.508 e. The van der Waals surface area contributed by atoms with Gasteiger partial charge in [-0.2, -0.15) is 0 Å². The molecule has 1 aliphatic rings. The minimum absolute atomic E-state index is 0.182. The Balaban J connectivity index is 1.78. The molecule has 1 heterocycles. The molecule has 1 saturated heterocycles. The average Bonchev–Trinajstić information content (AvgIpc) is 2.63. The van der Waals surface area contributed by atoms with Gasteiger partial charge in [-0.15, -0.1) is 0 Å². The van der Waals surface area contributed by atoms with Gasteiger partial charge in [0.15, 0.2) is 6.29 Å². The van der Waals surface area contributed by atoms with Crippen LogP contribution in [0.4, 0.5) is 0 Å². The van der Waals surface area contributed by atoms with Crippen molar-refractivity contribution in [2.24, 2.45) is 0 Å². The van der Waals surface area contributed by atoms with Crippen LogP contribution in [-0.2, 0) is 9.47 Å². The number of rotatable bonds is 5. The third-order valence-corrected chi connectivity index (χ3v) is 3.85. The van der Waals surface area contributed by atoms with Crippen LogP contribution in [0.25, 0.3) is 12.2 Å². The molecular formula is C21H22O3. The quantitative estimate of drug-likeness (QED) is 0.622. The molecule has 3 heteroatoms. The fraction of sp³-hybridized carbons (Fsp3) is 0.238. The zero-order chi connectivity index (χ0) is 16.6. The molecule has 124 valence electrons. The number of phenolic OH excluding ortho intramolecular Hbond substituents is 1. The van der Waals surface area contributed by atoms with Crippen molar-refractivity contribution in [3.8, 4) is 5.75 Å². The summed E-state index contributed by atoms with van der Waals surface area (Å²) in [5.74, 6) is 1.03. The summed E-state index contributed by atoms with van der Waals surface area (Å²) in [6.45, 7) is 0.755. The zero-order valence-electron chi connectivity index (χ0n) is 13.6. The van der Waals surface area contributed by atoms with Crippen molar-refractivity contribution in [1.82, 2.24) is 0 Å². The summed E-state index contributed by atoms with van der Waals surface area (Å²) >= 11 is 0. The van der Waals surface area contributed by atoms with Gasteiger partial charge in [-0.25, -0.2) is 0 Å². The van der Waals surface area contributed by atoms with Gasteiger partial charge in [-0.1, -0.05) is 48.5 Å². The van der Waals surface area contributed by atoms with E-state index in [-0.39, 0.29) is 12.0 Å². The minimum Gasteiger partial charge on any atom is -0.508 e. The van der Waals surface area contributed by atoms with Gasteiger partial charge in [0.05, 0.1) is 6.61 Å². The average molecular weight is 322 g/mol. The van der Waals surface area contributed by atoms with E-state index in [1.54, 1.807) is 12.1 Å². The van der Waals surface area contributed by atoms with E-state index in [2.05, 4.69) is 0 Å². The summed E-state index contributed by atoms with van der Waals surface area (Å²) in [4.78, 5) is 0. The number of allylic oxidation sites excluding steroid dienone is 1. The van der Waals surface area contributed by atoms with E-state index in [4.69, 9.17) is 9.47 Å². The molecule has 24 heavy (non-hydrogen) atoms. The molecule has 2 aromatic carbocycles. The molecule has 2 aromatic rings. The van der Waals surface area contributed by atoms with E-state index in [0.29, 0.717) is 0 Å². The van der Waals surface area contributed by atoms with Crippen molar-refractivity contribution in [3.63, 3.8) is 0 Å². The molecule has 3 nitrogen and oxygen atoms in total. The Hall–Kier alpha value is -2.52. The monoisotopic (exact) mass is 322 g/mol. The van der Waals surface area contributed by atoms with Crippen molar-refractivity contribution in [2.75, 3.05) is 6.61 Å². The van der Waals surface area contributed by atoms with Gasteiger partial charge in [0.2, 0.25) is 0 Å². The van der Waals surface area contributed by atoms with Gasteiger partial charge in [-0.05, 0) is 48.3 Å². The summed E-state index contributed by atoms with van der Waals surface area (Å²) in [7, 11) is 0. The van der Waals surface area contributed by atoms with Gasteiger partial charge >= 0.3 is 0 Å². The Kier molecular flexibility index (Phi) is 5.70. The molecule has 1 N–H and O–H groups in total. The zero-order valence-corrected chi connectivity index (χ0v) is 13.6. The molecule has 0 bridgehead atoms. The molecule has 3 rings (SSSR count). The Morgan fingerprint density at radius 2 is 1.79 bits per heavy atom. The normalized spacial score (nSPS) is 18.7. The smallest absolute Gasteiger partial charge is 0.199 e. The van der Waals surface area contributed by atoms with Gasteiger partial charge in [0.1, 0.15) is 11.5 Å².